The Morgan fingerprint density at radius 3 is 2.67 bits per heavy atom. The third-order valence-electron chi connectivity index (χ3n) is 3.20. The molecule has 18 heavy (non-hydrogen) atoms. The first-order valence-electron chi connectivity index (χ1n) is 6.26. The highest BCUT2D eigenvalue weighted by molar-refractivity contribution is 6.01. The molecular weight excluding hydrogens is 232 g/mol. The van der Waals surface area contributed by atoms with Gasteiger partial charge in [0.05, 0.1) is 18.3 Å². The zero-order chi connectivity index (χ0) is 13.1. The molecule has 1 aromatic heterocycles. The molecule has 1 saturated heterocycles. The van der Waals surface area contributed by atoms with Crippen LogP contribution in [0.15, 0.2) is 12.3 Å². The van der Waals surface area contributed by atoms with Crippen molar-refractivity contribution in [3.8, 4) is 0 Å². The number of carbonyl (C=O) groups excluding carboxylic acids is 2. The van der Waals surface area contributed by atoms with Gasteiger partial charge in [0, 0.05) is 6.20 Å². The van der Waals surface area contributed by atoms with Gasteiger partial charge in [0.1, 0.15) is 6.54 Å². The molecule has 6 nitrogen and oxygen atoms in total. The summed E-state index contributed by atoms with van der Waals surface area (Å²) in [4.78, 5) is 23.9. The molecule has 0 radical (unpaired) electrons. The minimum atomic E-state index is -0.336. The minimum Gasteiger partial charge on any atom is -0.309 e. The van der Waals surface area contributed by atoms with E-state index in [0.29, 0.717) is 12.6 Å². The number of amides is 3. The van der Waals surface area contributed by atoms with Crippen LogP contribution in [0, 0.1) is 0 Å². The highest BCUT2D eigenvalue weighted by Gasteiger charge is 2.27. The summed E-state index contributed by atoms with van der Waals surface area (Å²) in [5.41, 5.74) is 0.812. The predicted molar refractivity (Wildman–Crippen MR) is 65.8 cm³/mol. The Hall–Kier alpha value is -1.85. The van der Waals surface area contributed by atoms with Crippen molar-refractivity contribution in [2.45, 2.75) is 39.3 Å². The highest BCUT2D eigenvalue weighted by Crippen LogP contribution is 2.15. The summed E-state index contributed by atoms with van der Waals surface area (Å²) in [5.74, 6) is -0.251. The van der Waals surface area contributed by atoms with Crippen molar-refractivity contribution in [3.05, 3.63) is 18.0 Å². The lowest BCUT2D eigenvalue weighted by molar-refractivity contribution is -0.118. The van der Waals surface area contributed by atoms with Crippen molar-refractivity contribution >= 4 is 11.9 Å². The lowest BCUT2D eigenvalue weighted by atomic mass is 10.2. The van der Waals surface area contributed by atoms with Gasteiger partial charge < -0.3 is 4.90 Å². The fourth-order valence-corrected chi connectivity index (χ4v) is 2.13. The van der Waals surface area contributed by atoms with Gasteiger partial charge >= 0.3 is 6.03 Å². The van der Waals surface area contributed by atoms with Crippen LogP contribution in [0.5, 0.6) is 0 Å². The molecule has 1 N–H and O–H groups in total. The summed E-state index contributed by atoms with van der Waals surface area (Å²) in [6.45, 7) is 4.76. The number of hydrogen-bond donors (Lipinski definition) is 1. The van der Waals surface area contributed by atoms with E-state index in [-0.39, 0.29) is 18.5 Å². The van der Waals surface area contributed by atoms with E-state index in [9.17, 15) is 9.59 Å². The lowest BCUT2D eigenvalue weighted by Crippen LogP contribution is -2.28. The van der Waals surface area contributed by atoms with Crippen molar-refractivity contribution in [1.29, 1.82) is 0 Å². The maximum Gasteiger partial charge on any atom is 0.324 e. The first-order chi connectivity index (χ1) is 8.63. The van der Waals surface area contributed by atoms with Gasteiger partial charge in [-0.25, -0.2) is 4.79 Å². The molecule has 1 aliphatic heterocycles. The Morgan fingerprint density at radius 2 is 2.11 bits per heavy atom. The number of rotatable bonds is 5. The van der Waals surface area contributed by atoms with Crippen LogP contribution < -0.4 is 5.32 Å². The second kappa shape index (κ2) is 5.20. The molecule has 0 aliphatic carbocycles. The van der Waals surface area contributed by atoms with E-state index in [2.05, 4.69) is 24.3 Å². The van der Waals surface area contributed by atoms with Gasteiger partial charge in [-0.3, -0.25) is 14.8 Å². The van der Waals surface area contributed by atoms with Crippen molar-refractivity contribution in [1.82, 2.24) is 20.0 Å². The number of nitrogens with one attached hydrogen (secondary N) is 1. The number of imide groups is 1. The van der Waals surface area contributed by atoms with Crippen molar-refractivity contribution in [2.24, 2.45) is 0 Å². The van der Waals surface area contributed by atoms with Crippen LogP contribution in [-0.2, 0) is 11.3 Å². The van der Waals surface area contributed by atoms with Crippen LogP contribution in [0.2, 0.25) is 0 Å². The first kappa shape index (κ1) is 12.6. The molecule has 0 unspecified atom stereocenters. The molecule has 0 spiro atoms. The second-order valence-corrected chi connectivity index (χ2v) is 4.47. The van der Waals surface area contributed by atoms with Gasteiger partial charge in [-0.15, -0.1) is 0 Å². The van der Waals surface area contributed by atoms with Crippen LogP contribution in [0.3, 0.4) is 0 Å². The topological polar surface area (TPSA) is 67.2 Å². The number of urea groups is 1. The van der Waals surface area contributed by atoms with Crippen LogP contribution in [-0.4, -0.2) is 33.2 Å². The molecular formula is C12H18N4O2. The summed E-state index contributed by atoms with van der Waals surface area (Å²) >= 11 is 0. The van der Waals surface area contributed by atoms with Crippen molar-refractivity contribution < 1.29 is 9.59 Å². The number of carbonyl (C=O) groups is 2. The average molecular weight is 250 g/mol. The minimum absolute atomic E-state index is 0.122. The van der Waals surface area contributed by atoms with Gasteiger partial charge in [-0.1, -0.05) is 13.8 Å². The Labute approximate surface area is 106 Å². The highest BCUT2D eigenvalue weighted by atomic mass is 16.2. The molecule has 2 rings (SSSR count). The largest absolute Gasteiger partial charge is 0.324 e. The number of aromatic nitrogens is 2. The van der Waals surface area contributed by atoms with E-state index in [1.54, 1.807) is 0 Å². The van der Waals surface area contributed by atoms with E-state index in [4.69, 9.17) is 0 Å². The van der Waals surface area contributed by atoms with Crippen LogP contribution in [0.1, 0.15) is 38.4 Å². The number of hydrogen-bond acceptors (Lipinski definition) is 3. The van der Waals surface area contributed by atoms with Gasteiger partial charge in [-0.05, 0) is 18.9 Å². The normalized spacial score (nSPS) is 15.6. The maximum absolute atomic E-state index is 11.4. The van der Waals surface area contributed by atoms with E-state index >= 15 is 0 Å². The second-order valence-electron chi connectivity index (χ2n) is 4.47. The van der Waals surface area contributed by atoms with Crippen molar-refractivity contribution in [3.63, 3.8) is 0 Å². The van der Waals surface area contributed by atoms with Gasteiger partial charge in [-0.2, -0.15) is 5.10 Å². The smallest absolute Gasteiger partial charge is 0.309 e. The van der Waals surface area contributed by atoms with Crippen LogP contribution >= 0.6 is 0 Å². The zero-order valence-electron chi connectivity index (χ0n) is 10.7. The molecule has 3 amide bonds. The van der Waals surface area contributed by atoms with Gasteiger partial charge in [0.25, 0.3) is 0 Å². The Bertz CT molecular complexity index is 451. The fourth-order valence-electron chi connectivity index (χ4n) is 2.13. The molecule has 6 heteroatoms. The third kappa shape index (κ3) is 2.52. The summed E-state index contributed by atoms with van der Waals surface area (Å²) in [6.07, 6.45) is 3.99. The van der Waals surface area contributed by atoms with Gasteiger partial charge in [0.2, 0.25) is 5.91 Å². The summed E-state index contributed by atoms with van der Waals surface area (Å²) < 4.78 is 1.94. The fraction of sp³-hybridized carbons (Fsp3) is 0.583. The quantitative estimate of drug-likeness (QED) is 0.801. The summed E-state index contributed by atoms with van der Waals surface area (Å²) in [7, 11) is 0. The monoisotopic (exact) mass is 250 g/mol. The van der Waals surface area contributed by atoms with Gasteiger partial charge in [0.15, 0.2) is 0 Å². The standard InChI is InChI=1S/C12H18N4O2/c1-3-10(4-2)16-6-5-9(14-16)7-15-8-11(17)13-12(15)18/h5-6,10H,3-4,7-8H2,1-2H3,(H,13,17,18). The Morgan fingerprint density at radius 1 is 1.39 bits per heavy atom. The molecule has 0 aromatic carbocycles. The maximum atomic E-state index is 11.4. The Balaban J connectivity index is 2.02. The number of nitrogens with zero attached hydrogens (tertiary/aromatic N) is 3. The van der Waals surface area contributed by atoms with Crippen LogP contribution in [0.4, 0.5) is 4.79 Å². The van der Waals surface area contributed by atoms with E-state index in [1.165, 1.54) is 4.90 Å². The Kier molecular flexibility index (Phi) is 3.64. The zero-order valence-corrected chi connectivity index (χ0v) is 10.7. The van der Waals surface area contributed by atoms with Crippen LogP contribution in [0.25, 0.3) is 0 Å². The van der Waals surface area contributed by atoms with Crippen molar-refractivity contribution in [2.75, 3.05) is 6.54 Å². The molecule has 1 aliphatic rings. The van der Waals surface area contributed by atoms with E-state index in [1.807, 2.05) is 16.9 Å². The first-order valence-corrected chi connectivity index (χ1v) is 6.26. The molecule has 0 bridgehead atoms. The summed E-state index contributed by atoms with van der Waals surface area (Å²) in [5, 5.41) is 6.71. The molecule has 1 aromatic rings. The lowest BCUT2D eigenvalue weighted by Gasteiger charge is -2.13. The molecule has 1 fully saturated rings. The molecule has 0 atom stereocenters. The SMILES string of the molecule is CCC(CC)n1ccc(CN2CC(=O)NC2=O)n1. The average Bonchev–Trinajstić information content (AvgIpc) is 2.89. The molecule has 0 saturated carbocycles. The predicted octanol–water partition coefficient (Wildman–Crippen LogP) is 1.30. The van der Waals surface area contributed by atoms with E-state index in [0.717, 1.165) is 18.5 Å². The summed E-state index contributed by atoms with van der Waals surface area (Å²) in [6, 6.07) is 1.96. The molecule has 2 heterocycles. The molecule has 98 valence electrons. The van der Waals surface area contributed by atoms with E-state index < -0.39 is 0 Å². The third-order valence-corrected chi connectivity index (χ3v) is 3.20.